The van der Waals surface area contributed by atoms with E-state index in [0.717, 1.165) is 15.8 Å². The molecule has 106 valence electrons. The first-order valence-electron chi connectivity index (χ1n) is 6.23. The highest BCUT2D eigenvalue weighted by molar-refractivity contribution is 9.10. The number of benzene rings is 1. The highest BCUT2D eigenvalue weighted by Gasteiger charge is 2.34. The van der Waals surface area contributed by atoms with E-state index in [1.54, 1.807) is 22.5 Å². The molecule has 2 unspecified atom stereocenters. The van der Waals surface area contributed by atoms with Crippen molar-refractivity contribution < 1.29 is 8.42 Å². The summed E-state index contributed by atoms with van der Waals surface area (Å²) in [5.74, 6) is 0.861. The zero-order valence-electron chi connectivity index (χ0n) is 11.3. The van der Waals surface area contributed by atoms with Gasteiger partial charge in [-0.05, 0) is 37.6 Å². The average Bonchev–Trinajstić information content (AvgIpc) is 2.35. The fraction of sp³-hybridized carbons (Fsp3) is 0.538. The molecule has 3 nitrogen and oxygen atoms in total. The van der Waals surface area contributed by atoms with Gasteiger partial charge in [-0.1, -0.05) is 22.9 Å². The van der Waals surface area contributed by atoms with Crippen LogP contribution in [0.1, 0.15) is 19.4 Å². The van der Waals surface area contributed by atoms with Crippen molar-refractivity contribution in [2.24, 2.45) is 0 Å². The van der Waals surface area contributed by atoms with Crippen LogP contribution in [0.3, 0.4) is 0 Å². The number of sulfonamides is 1. The molecule has 0 radical (unpaired) electrons. The van der Waals surface area contributed by atoms with Crippen LogP contribution < -0.4 is 0 Å². The monoisotopic (exact) mass is 363 g/mol. The summed E-state index contributed by atoms with van der Waals surface area (Å²) in [5, 5.41) is 0.333. The van der Waals surface area contributed by atoms with Gasteiger partial charge in [0.1, 0.15) is 0 Å². The van der Waals surface area contributed by atoms with E-state index < -0.39 is 10.0 Å². The predicted molar refractivity (Wildman–Crippen MR) is 84.2 cm³/mol. The van der Waals surface area contributed by atoms with Gasteiger partial charge in [-0.2, -0.15) is 16.1 Å². The van der Waals surface area contributed by atoms with Gasteiger partial charge >= 0.3 is 0 Å². The standard InChI is InChI=1S/C13H18BrNO2S2/c1-9-8-12(4-5-13(9)14)19(16,17)15-6-7-18-11(3)10(15)2/h4-5,8,10-11H,6-7H2,1-3H3. The van der Waals surface area contributed by atoms with E-state index >= 15 is 0 Å². The van der Waals surface area contributed by atoms with Crippen molar-refractivity contribution in [2.45, 2.75) is 37.0 Å². The predicted octanol–water partition coefficient (Wildman–Crippen LogP) is 3.27. The maximum absolute atomic E-state index is 12.7. The SMILES string of the molecule is Cc1cc(S(=O)(=O)N2CCSC(C)C2C)ccc1Br. The molecule has 0 N–H and O–H groups in total. The van der Waals surface area contributed by atoms with Crippen LogP contribution in [0.15, 0.2) is 27.6 Å². The summed E-state index contributed by atoms with van der Waals surface area (Å²) in [6.07, 6.45) is 0. The van der Waals surface area contributed by atoms with Crippen LogP contribution in [-0.4, -0.2) is 36.3 Å². The van der Waals surface area contributed by atoms with Crippen molar-refractivity contribution in [1.29, 1.82) is 0 Å². The van der Waals surface area contributed by atoms with Gasteiger partial charge in [0.25, 0.3) is 0 Å². The van der Waals surface area contributed by atoms with E-state index in [4.69, 9.17) is 0 Å². The van der Waals surface area contributed by atoms with Crippen LogP contribution in [0.5, 0.6) is 0 Å². The molecule has 0 spiro atoms. The first-order valence-corrected chi connectivity index (χ1v) is 9.52. The Kier molecular flexibility index (Phi) is 4.65. The number of halogens is 1. The van der Waals surface area contributed by atoms with Crippen molar-refractivity contribution in [1.82, 2.24) is 4.31 Å². The molecule has 1 aromatic rings. The van der Waals surface area contributed by atoms with E-state index in [-0.39, 0.29) is 6.04 Å². The second kappa shape index (κ2) is 5.76. The van der Waals surface area contributed by atoms with Crippen molar-refractivity contribution in [3.8, 4) is 0 Å². The number of hydrogen-bond acceptors (Lipinski definition) is 3. The Labute approximate surface area is 127 Å². The van der Waals surface area contributed by atoms with E-state index in [2.05, 4.69) is 22.9 Å². The third-order valence-corrected chi connectivity index (χ3v) is 7.77. The molecule has 1 heterocycles. The second-order valence-electron chi connectivity index (χ2n) is 4.84. The molecule has 19 heavy (non-hydrogen) atoms. The molecule has 1 fully saturated rings. The zero-order chi connectivity index (χ0) is 14.2. The van der Waals surface area contributed by atoms with E-state index in [1.807, 2.05) is 25.6 Å². The van der Waals surface area contributed by atoms with Crippen LogP contribution in [0, 0.1) is 6.92 Å². The molecule has 0 aromatic heterocycles. The Bertz CT molecular complexity index is 574. The Hall–Kier alpha value is -0.0400. The minimum atomic E-state index is -3.38. The largest absolute Gasteiger partial charge is 0.243 e. The summed E-state index contributed by atoms with van der Waals surface area (Å²) in [6.45, 7) is 6.57. The number of hydrogen-bond donors (Lipinski definition) is 0. The molecule has 0 saturated carbocycles. The first-order chi connectivity index (χ1) is 8.84. The lowest BCUT2D eigenvalue weighted by Crippen LogP contribution is -2.47. The quantitative estimate of drug-likeness (QED) is 0.808. The van der Waals surface area contributed by atoms with Gasteiger partial charge in [-0.3, -0.25) is 0 Å². The lowest BCUT2D eigenvalue weighted by Gasteiger charge is -2.36. The van der Waals surface area contributed by atoms with E-state index in [0.29, 0.717) is 16.7 Å². The van der Waals surface area contributed by atoms with Gasteiger partial charge in [-0.15, -0.1) is 0 Å². The molecule has 1 saturated heterocycles. The van der Waals surface area contributed by atoms with E-state index in [1.165, 1.54) is 0 Å². The van der Waals surface area contributed by atoms with Crippen LogP contribution >= 0.6 is 27.7 Å². The maximum atomic E-state index is 12.7. The van der Waals surface area contributed by atoms with Gasteiger partial charge < -0.3 is 0 Å². The summed E-state index contributed by atoms with van der Waals surface area (Å²) in [7, 11) is -3.38. The molecule has 0 aliphatic carbocycles. The van der Waals surface area contributed by atoms with Gasteiger partial charge in [0.05, 0.1) is 4.90 Å². The fourth-order valence-electron chi connectivity index (χ4n) is 2.16. The van der Waals surface area contributed by atoms with Crippen molar-refractivity contribution >= 4 is 37.7 Å². The molecule has 2 rings (SSSR count). The molecule has 1 aliphatic heterocycles. The Morgan fingerprint density at radius 2 is 2.05 bits per heavy atom. The summed E-state index contributed by atoms with van der Waals surface area (Å²) in [6, 6.07) is 5.24. The van der Waals surface area contributed by atoms with Crippen LogP contribution in [-0.2, 0) is 10.0 Å². The molecule has 2 atom stereocenters. The minimum absolute atomic E-state index is 0.0349. The smallest absolute Gasteiger partial charge is 0.207 e. The third kappa shape index (κ3) is 3.01. The minimum Gasteiger partial charge on any atom is -0.207 e. The molecule has 6 heteroatoms. The van der Waals surface area contributed by atoms with Gasteiger partial charge in [0.15, 0.2) is 0 Å². The lowest BCUT2D eigenvalue weighted by molar-refractivity contribution is 0.340. The van der Waals surface area contributed by atoms with Crippen LogP contribution in [0.25, 0.3) is 0 Å². The molecular formula is C13H18BrNO2S2. The van der Waals surface area contributed by atoms with Crippen molar-refractivity contribution in [3.05, 3.63) is 28.2 Å². The summed E-state index contributed by atoms with van der Waals surface area (Å²) in [5.41, 5.74) is 0.938. The van der Waals surface area contributed by atoms with Crippen molar-refractivity contribution in [2.75, 3.05) is 12.3 Å². The number of rotatable bonds is 2. The highest BCUT2D eigenvalue weighted by Crippen LogP contribution is 2.30. The summed E-state index contributed by atoms with van der Waals surface area (Å²) in [4.78, 5) is 0.388. The average molecular weight is 364 g/mol. The second-order valence-corrected chi connectivity index (χ2v) is 9.07. The van der Waals surface area contributed by atoms with Gasteiger partial charge in [0, 0.05) is 28.1 Å². The number of aryl methyl sites for hydroxylation is 1. The van der Waals surface area contributed by atoms with Crippen molar-refractivity contribution in [3.63, 3.8) is 0 Å². The molecule has 0 bridgehead atoms. The number of nitrogens with zero attached hydrogens (tertiary/aromatic N) is 1. The van der Waals surface area contributed by atoms with Gasteiger partial charge in [-0.25, -0.2) is 8.42 Å². The Morgan fingerprint density at radius 1 is 1.37 bits per heavy atom. The summed E-state index contributed by atoms with van der Waals surface area (Å²) >= 11 is 5.23. The molecule has 1 aliphatic rings. The number of thioether (sulfide) groups is 1. The third-order valence-electron chi connectivity index (χ3n) is 3.56. The first kappa shape index (κ1) is 15.4. The molecule has 0 amide bonds. The topological polar surface area (TPSA) is 37.4 Å². The lowest BCUT2D eigenvalue weighted by atomic mass is 10.2. The maximum Gasteiger partial charge on any atom is 0.243 e. The highest BCUT2D eigenvalue weighted by atomic mass is 79.9. The Balaban J connectivity index is 2.38. The normalized spacial score (nSPS) is 25.5. The zero-order valence-corrected chi connectivity index (χ0v) is 14.5. The fourth-order valence-corrected chi connectivity index (χ4v) is 5.48. The molecular weight excluding hydrogens is 346 g/mol. The van der Waals surface area contributed by atoms with Crippen LogP contribution in [0.4, 0.5) is 0 Å². The summed E-state index contributed by atoms with van der Waals surface area (Å²) < 4.78 is 28.0. The Morgan fingerprint density at radius 3 is 2.68 bits per heavy atom. The molecule has 1 aromatic carbocycles. The van der Waals surface area contributed by atoms with Gasteiger partial charge in [0.2, 0.25) is 10.0 Å². The van der Waals surface area contributed by atoms with Crippen LogP contribution in [0.2, 0.25) is 0 Å². The van der Waals surface area contributed by atoms with E-state index in [9.17, 15) is 8.42 Å².